The van der Waals surface area contributed by atoms with Gasteiger partial charge < -0.3 is 20.9 Å². The van der Waals surface area contributed by atoms with Crippen LogP contribution in [-0.2, 0) is 7.05 Å². The van der Waals surface area contributed by atoms with Crippen LogP contribution in [-0.4, -0.2) is 20.6 Å². The number of aromatic nitrogens is 3. The SMILES string of the molecule is Cc1cc(NC(=O)Nc2ccccc2)ccc1-c1cn(C)c2ncnc(N)c12. The summed E-state index contributed by atoms with van der Waals surface area (Å²) in [6.07, 6.45) is 3.46. The summed E-state index contributed by atoms with van der Waals surface area (Å²) < 4.78 is 1.93. The Hall–Kier alpha value is -3.87. The Bertz CT molecular complexity index is 1170. The second kappa shape index (κ2) is 7.03. The molecule has 4 rings (SSSR count). The predicted molar refractivity (Wildman–Crippen MR) is 112 cm³/mol. The van der Waals surface area contributed by atoms with Crippen LogP contribution >= 0.6 is 0 Å². The van der Waals surface area contributed by atoms with E-state index in [1.807, 2.05) is 73.3 Å². The average Bonchev–Trinajstić information content (AvgIpc) is 3.00. The number of hydrogen-bond donors (Lipinski definition) is 3. The fourth-order valence-corrected chi connectivity index (χ4v) is 3.30. The smallest absolute Gasteiger partial charge is 0.323 e. The summed E-state index contributed by atoms with van der Waals surface area (Å²) in [5, 5.41) is 6.49. The lowest BCUT2D eigenvalue weighted by molar-refractivity contribution is 0.262. The number of fused-ring (bicyclic) bond motifs is 1. The molecule has 7 heteroatoms. The largest absolute Gasteiger partial charge is 0.383 e. The number of anilines is 3. The summed E-state index contributed by atoms with van der Waals surface area (Å²) in [5.74, 6) is 0.449. The highest BCUT2D eigenvalue weighted by Crippen LogP contribution is 2.34. The van der Waals surface area contributed by atoms with Crippen molar-refractivity contribution in [2.24, 2.45) is 7.05 Å². The van der Waals surface area contributed by atoms with Gasteiger partial charge in [-0.15, -0.1) is 0 Å². The predicted octanol–water partition coefficient (Wildman–Crippen LogP) is 4.17. The van der Waals surface area contributed by atoms with E-state index < -0.39 is 0 Å². The maximum Gasteiger partial charge on any atom is 0.323 e. The highest BCUT2D eigenvalue weighted by molar-refractivity contribution is 6.02. The number of nitrogens with one attached hydrogen (secondary N) is 2. The average molecular weight is 372 g/mol. The Morgan fingerprint density at radius 1 is 1.00 bits per heavy atom. The molecule has 0 fully saturated rings. The van der Waals surface area contributed by atoms with Crippen LogP contribution in [0.3, 0.4) is 0 Å². The van der Waals surface area contributed by atoms with Gasteiger partial charge in [0.05, 0.1) is 5.39 Å². The van der Waals surface area contributed by atoms with Crippen molar-refractivity contribution in [3.63, 3.8) is 0 Å². The minimum absolute atomic E-state index is 0.291. The molecule has 0 aliphatic heterocycles. The van der Waals surface area contributed by atoms with Crippen LogP contribution in [0.15, 0.2) is 61.1 Å². The molecule has 28 heavy (non-hydrogen) atoms. The van der Waals surface area contributed by atoms with E-state index in [1.165, 1.54) is 6.33 Å². The monoisotopic (exact) mass is 372 g/mol. The first-order valence-electron chi connectivity index (χ1n) is 8.82. The van der Waals surface area contributed by atoms with Crippen LogP contribution in [0.2, 0.25) is 0 Å². The van der Waals surface area contributed by atoms with E-state index in [1.54, 1.807) is 0 Å². The summed E-state index contributed by atoms with van der Waals surface area (Å²) in [6, 6.07) is 14.8. The summed E-state index contributed by atoms with van der Waals surface area (Å²) >= 11 is 0. The number of nitrogen functional groups attached to an aromatic ring is 1. The van der Waals surface area contributed by atoms with E-state index in [9.17, 15) is 4.79 Å². The van der Waals surface area contributed by atoms with E-state index in [0.29, 0.717) is 11.5 Å². The first-order valence-corrected chi connectivity index (χ1v) is 8.82. The summed E-state index contributed by atoms with van der Waals surface area (Å²) in [7, 11) is 1.93. The number of nitrogens with two attached hydrogens (primary N) is 1. The second-order valence-electron chi connectivity index (χ2n) is 6.59. The van der Waals surface area contributed by atoms with Crippen molar-refractivity contribution in [2.45, 2.75) is 6.92 Å². The number of rotatable bonds is 3. The molecule has 0 radical (unpaired) electrons. The van der Waals surface area contributed by atoms with Gasteiger partial charge in [-0.1, -0.05) is 24.3 Å². The normalized spacial score (nSPS) is 10.8. The van der Waals surface area contributed by atoms with Gasteiger partial charge in [0.15, 0.2) is 0 Å². The molecule has 4 aromatic rings. The van der Waals surface area contributed by atoms with Gasteiger partial charge in [-0.25, -0.2) is 14.8 Å². The molecule has 0 spiro atoms. The zero-order chi connectivity index (χ0) is 19.7. The highest BCUT2D eigenvalue weighted by Gasteiger charge is 2.15. The third-order valence-electron chi connectivity index (χ3n) is 4.59. The van der Waals surface area contributed by atoms with Crippen molar-refractivity contribution in [2.75, 3.05) is 16.4 Å². The molecule has 0 unspecified atom stereocenters. The first kappa shape index (κ1) is 17.5. The van der Waals surface area contributed by atoms with Crippen molar-refractivity contribution in [1.29, 1.82) is 0 Å². The molecular weight excluding hydrogens is 352 g/mol. The van der Waals surface area contributed by atoms with Gasteiger partial charge >= 0.3 is 6.03 Å². The number of hydrogen-bond acceptors (Lipinski definition) is 4. The minimum Gasteiger partial charge on any atom is -0.383 e. The number of para-hydroxylation sites is 1. The van der Waals surface area contributed by atoms with Crippen molar-refractivity contribution < 1.29 is 4.79 Å². The van der Waals surface area contributed by atoms with E-state index in [-0.39, 0.29) is 6.03 Å². The number of nitrogens with zero attached hydrogens (tertiary/aromatic N) is 3. The Morgan fingerprint density at radius 2 is 1.75 bits per heavy atom. The van der Waals surface area contributed by atoms with Gasteiger partial charge in [-0.05, 0) is 42.3 Å². The first-order chi connectivity index (χ1) is 13.5. The highest BCUT2D eigenvalue weighted by atomic mass is 16.2. The number of amides is 2. The number of aryl methyl sites for hydroxylation is 2. The molecule has 0 saturated carbocycles. The molecule has 0 bridgehead atoms. The molecule has 2 aromatic carbocycles. The van der Waals surface area contributed by atoms with Crippen LogP contribution in [0.25, 0.3) is 22.2 Å². The number of urea groups is 1. The van der Waals surface area contributed by atoms with Gasteiger partial charge in [0.2, 0.25) is 0 Å². The van der Waals surface area contributed by atoms with Crippen LogP contribution < -0.4 is 16.4 Å². The molecule has 0 aliphatic carbocycles. The van der Waals surface area contributed by atoms with Crippen LogP contribution in [0, 0.1) is 6.92 Å². The van der Waals surface area contributed by atoms with Crippen molar-refractivity contribution in [1.82, 2.24) is 14.5 Å². The molecule has 2 amide bonds. The van der Waals surface area contributed by atoms with Gasteiger partial charge in [0.1, 0.15) is 17.8 Å². The molecular formula is C21H20N6O. The fourth-order valence-electron chi connectivity index (χ4n) is 3.30. The lowest BCUT2D eigenvalue weighted by Crippen LogP contribution is -2.19. The van der Waals surface area contributed by atoms with Gasteiger partial charge in [-0.3, -0.25) is 0 Å². The number of benzene rings is 2. The van der Waals surface area contributed by atoms with Gasteiger partial charge in [-0.2, -0.15) is 0 Å². The Labute approximate surface area is 162 Å². The van der Waals surface area contributed by atoms with Crippen LogP contribution in [0.1, 0.15) is 5.56 Å². The van der Waals surface area contributed by atoms with Gasteiger partial charge in [0, 0.05) is 30.2 Å². The quantitative estimate of drug-likeness (QED) is 0.503. The lowest BCUT2D eigenvalue weighted by Gasteiger charge is -2.11. The Morgan fingerprint density at radius 3 is 2.50 bits per heavy atom. The Balaban J connectivity index is 1.61. The number of carbonyl (C=O) groups excluding carboxylic acids is 1. The zero-order valence-corrected chi connectivity index (χ0v) is 15.6. The summed E-state index contributed by atoms with van der Waals surface area (Å²) in [4.78, 5) is 20.7. The molecule has 2 heterocycles. The fraction of sp³-hybridized carbons (Fsp3) is 0.0952. The third-order valence-corrected chi connectivity index (χ3v) is 4.59. The molecule has 2 aromatic heterocycles. The van der Waals surface area contributed by atoms with Crippen molar-refractivity contribution in [3.8, 4) is 11.1 Å². The molecule has 0 aliphatic rings. The lowest BCUT2D eigenvalue weighted by atomic mass is 10.00. The van der Waals surface area contributed by atoms with Crippen molar-refractivity contribution >= 4 is 34.3 Å². The second-order valence-corrected chi connectivity index (χ2v) is 6.59. The number of carbonyl (C=O) groups is 1. The standard InChI is InChI=1S/C21H20N6O/c1-13-10-15(26-21(28)25-14-6-4-3-5-7-14)8-9-16(13)17-11-27(2)20-18(17)19(22)23-12-24-20/h3-12H,1-2H3,(H2,22,23,24)(H2,25,26,28). The Kier molecular flexibility index (Phi) is 4.41. The molecule has 7 nitrogen and oxygen atoms in total. The van der Waals surface area contributed by atoms with Crippen LogP contribution in [0.5, 0.6) is 0 Å². The minimum atomic E-state index is -0.291. The van der Waals surface area contributed by atoms with Crippen LogP contribution in [0.4, 0.5) is 22.0 Å². The van der Waals surface area contributed by atoms with Crippen molar-refractivity contribution in [3.05, 3.63) is 66.6 Å². The molecule has 0 atom stereocenters. The molecule has 4 N–H and O–H groups in total. The van der Waals surface area contributed by atoms with E-state index >= 15 is 0 Å². The van der Waals surface area contributed by atoms with E-state index in [2.05, 4.69) is 20.6 Å². The van der Waals surface area contributed by atoms with E-state index in [4.69, 9.17) is 5.73 Å². The maximum atomic E-state index is 12.2. The third kappa shape index (κ3) is 3.25. The zero-order valence-electron chi connectivity index (χ0n) is 15.6. The van der Waals surface area contributed by atoms with E-state index in [0.717, 1.165) is 33.4 Å². The van der Waals surface area contributed by atoms with Gasteiger partial charge in [0.25, 0.3) is 0 Å². The molecule has 0 saturated heterocycles. The summed E-state index contributed by atoms with van der Waals surface area (Å²) in [6.45, 7) is 1.99. The maximum absolute atomic E-state index is 12.2. The topological polar surface area (TPSA) is 97.9 Å². The molecule has 140 valence electrons. The summed E-state index contributed by atoms with van der Waals surface area (Å²) in [5.41, 5.74) is 11.3.